The summed E-state index contributed by atoms with van der Waals surface area (Å²) in [6.07, 6.45) is 1.59. The number of nitrogens with zero attached hydrogens (tertiary/aromatic N) is 3. The molecule has 0 amide bonds. The summed E-state index contributed by atoms with van der Waals surface area (Å²) < 4.78 is 27.5. The van der Waals surface area contributed by atoms with E-state index in [-0.39, 0.29) is 11.4 Å². The van der Waals surface area contributed by atoms with Gasteiger partial charge in [0.05, 0.1) is 17.0 Å². The number of aryl methyl sites for hydroxylation is 1. The molecule has 38 heavy (non-hydrogen) atoms. The first-order chi connectivity index (χ1) is 18.5. The second-order valence-electron chi connectivity index (χ2n) is 9.61. The number of benzene rings is 3. The van der Waals surface area contributed by atoms with Gasteiger partial charge in [-0.05, 0) is 79.5 Å². The number of rotatable bonds is 8. The lowest BCUT2D eigenvalue weighted by Crippen LogP contribution is -2.46. The third-order valence-electron chi connectivity index (χ3n) is 7.03. The van der Waals surface area contributed by atoms with Crippen LogP contribution in [0.2, 0.25) is 0 Å². The molecule has 6 nitrogen and oxygen atoms in total. The monoisotopic (exact) mass is 513 g/mol. The minimum atomic E-state index is -0.488. The quantitative estimate of drug-likeness (QED) is 0.345. The molecule has 1 aliphatic rings. The molecular formula is C30H29F2N5O. The highest BCUT2D eigenvalue weighted by molar-refractivity contribution is 5.93. The largest absolute Gasteiger partial charge is 0.380 e. The lowest BCUT2D eigenvalue weighted by molar-refractivity contribution is 0.255. The Morgan fingerprint density at radius 1 is 0.895 bits per heavy atom. The van der Waals surface area contributed by atoms with Crippen molar-refractivity contribution in [2.45, 2.75) is 19.4 Å². The molecule has 1 aromatic heterocycles. The van der Waals surface area contributed by atoms with E-state index in [0.717, 1.165) is 56.1 Å². The number of nitriles is 1. The second kappa shape index (κ2) is 11.4. The van der Waals surface area contributed by atoms with Crippen molar-refractivity contribution >= 4 is 22.1 Å². The van der Waals surface area contributed by atoms with Crippen molar-refractivity contribution in [1.82, 2.24) is 9.88 Å². The number of piperazine rings is 1. The van der Waals surface area contributed by atoms with Crippen molar-refractivity contribution < 1.29 is 8.78 Å². The Morgan fingerprint density at radius 2 is 1.63 bits per heavy atom. The van der Waals surface area contributed by atoms with Crippen molar-refractivity contribution in [3.8, 4) is 6.07 Å². The number of halogens is 2. The standard InChI is InChI=1S/C30H29F2N5O/c31-23-7-3-22(4-8-23)20-34-29-17-24(32)16-28-27(29)18-25(35-30(28)38)2-1-11-36-12-14-37(15-13-36)26-9-5-21(19-33)6-10-26/h3-10,16-18,34H,1-2,11-15,20H2,(H,35,38). The molecule has 0 aliphatic carbocycles. The Hall–Kier alpha value is -4.22. The van der Waals surface area contributed by atoms with Crippen molar-refractivity contribution in [3.05, 3.63) is 106 Å². The topological polar surface area (TPSA) is 75.2 Å². The summed E-state index contributed by atoms with van der Waals surface area (Å²) in [5.41, 5.74) is 3.70. The Bertz CT molecular complexity index is 1500. The number of fused-ring (bicyclic) bond motifs is 1. The van der Waals surface area contributed by atoms with Crippen molar-refractivity contribution in [2.24, 2.45) is 0 Å². The first-order valence-corrected chi connectivity index (χ1v) is 12.8. The van der Waals surface area contributed by atoms with Gasteiger partial charge >= 0.3 is 0 Å². The zero-order valence-corrected chi connectivity index (χ0v) is 21.0. The van der Waals surface area contributed by atoms with Crippen LogP contribution in [-0.4, -0.2) is 42.6 Å². The molecule has 0 atom stereocenters. The summed E-state index contributed by atoms with van der Waals surface area (Å²) in [6.45, 7) is 5.05. The van der Waals surface area contributed by atoms with Gasteiger partial charge in [-0.1, -0.05) is 12.1 Å². The fourth-order valence-corrected chi connectivity index (χ4v) is 4.93. The Morgan fingerprint density at radius 3 is 2.34 bits per heavy atom. The third-order valence-corrected chi connectivity index (χ3v) is 7.03. The number of anilines is 2. The van der Waals surface area contributed by atoms with Crippen LogP contribution in [0.15, 0.2) is 71.5 Å². The van der Waals surface area contributed by atoms with Gasteiger partial charge in [-0.3, -0.25) is 9.69 Å². The summed E-state index contributed by atoms with van der Waals surface area (Å²) in [4.78, 5) is 20.4. The minimum Gasteiger partial charge on any atom is -0.380 e. The van der Waals surface area contributed by atoms with Gasteiger partial charge in [-0.25, -0.2) is 8.78 Å². The molecule has 0 radical (unpaired) electrons. The van der Waals surface area contributed by atoms with Gasteiger partial charge in [-0.15, -0.1) is 0 Å². The fraction of sp³-hybridized carbons (Fsp3) is 0.267. The van der Waals surface area contributed by atoms with Gasteiger partial charge in [0.15, 0.2) is 0 Å². The Labute approximate surface area is 220 Å². The van der Waals surface area contributed by atoms with Crippen molar-refractivity contribution in [2.75, 3.05) is 42.9 Å². The van der Waals surface area contributed by atoms with E-state index in [1.807, 2.05) is 30.3 Å². The van der Waals surface area contributed by atoms with Gasteiger partial charge in [0.1, 0.15) is 11.6 Å². The number of aromatic nitrogens is 1. The summed E-state index contributed by atoms with van der Waals surface area (Å²) in [5.74, 6) is -0.799. The molecule has 4 aromatic rings. The molecule has 1 aliphatic heterocycles. The smallest absolute Gasteiger partial charge is 0.256 e. The molecular weight excluding hydrogens is 484 g/mol. The molecule has 1 saturated heterocycles. The van der Waals surface area contributed by atoms with Gasteiger partial charge in [0, 0.05) is 55.2 Å². The maximum Gasteiger partial charge on any atom is 0.256 e. The molecule has 3 aromatic carbocycles. The first-order valence-electron chi connectivity index (χ1n) is 12.8. The SMILES string of the molecule is N#Cc1ccc(N2CCN(CCCc3cc4c(NCc5ccc(F)cc5)cc(F)cc4c(=O)[nH]3)CC2)cc1. The van der Waals surface area contributed by atoms with Gasteiger partial charge < -0.3 is 15.2 Å². The van der Waals surface area contributed by atoms with Crippen molar-refractivity contribution in [3.63, 3.8) is 0 Å². The number of nitrogens with one attached hydrogen (secondary N) is 2. The third kappa shape index (κ3) is 6.01. The normalized spacial score (nSPS) is 14.0. The van der Waals surface area contributed by atoms with Crippen LogP contribution >= 0.6 is 0 Å². The predicted molar refractivity (Wildman–Crippen MR) is 146 cm³/mol. The van der Waals surface area contributed by atoms with E-state index in [2.05, 4.69) is 26.2 Å². The number of H-pyrrole nitrogens is 1. The van der Waals surface area contributed by atoms with E-state index in [4.69, 9.17) is 5.26 Å². The van der Waals surface area contributed by atoms with E-state index < -0.39 is 5.82 Å². The predicted octanol–water partition coefficient (Wildman–Crippen LogP) is 5.04. The maximum atomic E-state index is 14.3. The average molecular weight is 514 g/mol. The molecule has 5 rings (SSSR count). The summed E-state index contributed by atoms with van der Waals surface area (Å²) in [5, 5.41) is 13.2. The molecule has 0 spiro atoms. The summed E-state index contributed by atoms with van der Waals surface area (Å²) >= 11 is 0. The van der Waals surface area contributed by atoms with Crippen LogP contribution in [0, 0.1) is 23.0 Å². The van der Waals surface area contributed by atoms with Crippen LogP contribution in [0.1, 0.15) is 23.2 Å². The van der Waals surface area contributed by atoms with Crippen LogP contribution in [0.25, 0.3) is 10.8 Å². The van der Waals surface area contributed by atoms with Crippen LogP contribution in [-0.2, 0) is 13.0 Å². The second-order valence-corrected chi connectivity index (χ2v) is 9.61. The molecule has 0 bridgehead atoms. The van der Waals surface area contributed by atoms with Crippen LogP contribution in [0.3, 0.4) is 0 Å². The molecule has 0 saturated carbocycles. The Balaban J connectivity index is 1.20. The van der Waals surface area contributed by atoms with Crippen molar-refractivity contribution in [1.29, 1.82) is 5.26 Å². The van der Waals surface area contributed by atoms with E-state index in [9.17, 15) is 13.6 Å². The lowest BCUT2D eigenvalue weighted by atomic mass is 10.1. The Kier molecular flexibility index (Phi) is 7.66. The molecule has 0 unspecified atom stereocenters. The molecule has 194 valence electrons. The van der Waals surface area contributed by atoms with E-state index in [1.54, 1.807) is 12.1 Å². The number of pyridine rings is 1. The molecule has 1 fully saturated rings. The average Bonchev–Trinajstić information content (AvgIpc) is 2.93. The zero-order chi connectivity index (χ0) is 26.5. The highest BCUT2D eigenvalue weighted by Crippen LogP contribution is 2.25. The first kappa shape index (κ1) is 25.4. The highest BCUT2D eigenvalue weighted by Gasteiger charge is 2.17. The zero-order valence-electron chi connectivity index (χ0n) is 21.0. The maximum absolute atomic E-state index is 14.3. The number of aromatic amines is 1. The molecule has 8 heteroatoms. The van der Waals surface area contributed by atoms with Gasteiger partial charge in [-0.2, -0.15) is 5.26 Å². The summed E-state index contributed by atoms with van der Waals surface area (Å²) in [7, 11) is 0. The highest BCUT2D eigenvalue weighted by atomic mass is 19.1. The number of hydrogen-bond acceptors (Lipinski definition) is 5. The van der Waals surface area contributed by atoms with Crippen LogP contribution in [0.5, 0.6) is 0 Å². The van der Waals surface area contributed by atoms with E-state index in [0.29, 0.717) is 35.0 Å². The lowest BCUT2D eigenvalue weighted by Gasteiger charge is -2.36. The summed E-state index contributed by atoms with van der Waals surface area (Å²) in [6, 6.07) is 20.5. The fourth-order valence-electron chi connectivity index (χ4n) is 4.93. The minimum absolute atomic E-state index is 0.300. The number of hydrogen-bond donors (Lipinski definition) is 2. The van der Waals surface area contributed by atoms with E-state index in [1.165, 1.54) is 24.3 Å². The van der Waals surface area contributed by atoms with Crippen LogP contribution < -0.4 is 15.8 Å². The molecule has 2 heterocycles. The van der Waals surface area contributed by atoms with Crippen LogP contribution in [0.4, 0.5) is 20.2 Å². The molecule has 2 N–H and O–H groups in total. The van der Waals surface area contributed by atoms with Gasteiger partial charge in [0.2, 0.25) is 0 Å². The van der Waals surface area contributed by atoms with E-state index >= 15 is 0 Å². The van der Waals surface area contributed by atoms with Gasteiger partial charge in [0.25, 0.3) is 5.56 Å².